The van der Waals surface area contributed by atoms with Crippen LogP contribution in [0.4, 0.5) is 11.4 Å². The Bertz CT molecular complexity index is 349. The molecule has 68 valence electrons. The number of nitrogens with one attached hydrogen (secondary N) is 1. The maximum absolute atomic E-state index is 10.7. The number of para-hydroxylation sites is 2. The minimum Gasteiger partial charge on any atom is -0.321 e. The minimum absolute atomic E-state index is 0.0994. The summed E-state index contributed by atoms with van der Waals surface area (Å²) in [5.74, 6) is -0.325. The van der Waals surface area contributed by atoms with Gasteiger partial charge >= 0.3 is 0 Å². The standard InChI is InChI=1S/C8H8N2O3/c1-6(11)9-7-4-2-3-5-8(7)10(12)13/h2-5H,1H3,(H,9,11). The second-order valence-electron chi connectivity index (χ2n) is 2.46. The number of hydrogen-bond donors (Lipinski definition) is 1. The fourth-order valence-corrected chi connectivity index (χ4v) is 0.928. The van der Waals surface area contributed by atoms with E-state index in [1.807, 2.05) is 0 Å². The summed E-state index contributed by atoms with van der Waals surface area (Å²) >= 11 is 0. The molecule has 0 saturated heterocycles. The Morgan fingerprint density at radius 2 is 2.08 bits per heavy atom. The molecule has 0 atom stereocenters. The van der Waals surface area contributed by atoms with Crippen molar-refractivity contribution in [2.24, 2.45) is 0 Å². The fraction of sp³-hybridized carbons (Fsp3) is 0.125. The van der Waals surface area contributed by atoms with E-state index in [1.54, 1.807) is 12.1 Å². The monoisotopic (exact) mass is 180 g/mol. The summed E-state index contributed by atoms with van der Waals surface area (Å²) in [5, 5.41) is 12.8. The van der Waals surface area contributed by atoms with Gasteiger partial charge in [-0.25, -0.2) is 0 Å². The number of carbonyl (C=O) groups is 1. The summed E-state index contributed by atoms with van der Waals surface area (Å²) < 4.78 is 0. The number of nitrogens with zero attached hydrogens (tertiary/aromatic N) is 1. The number of benzene rings is 1. The van der Waals surface area contributed by atoms with Gasteiger partial charge in [-0.05, 0) is 6.07 Å². The lowest BCUT2D eigenvalue weighted by molar-refractivity contribution is -0.383. The number of nitro benzene ring substituents is 1. The highest BCUT2D eigenvalue weighted by Crippen LogP contribution is 2.22. The molecule has 0 fully saturated rings. The predicted octanol–water partition coefficient (Wildman–Crippen LogP) is 1.55. The maximum Gasteiger partial charge on any atom is 0.292 e. The van der Waals surface area contributed by atoms with Crippen LogP contribution in [0.25, 0.3) is 0 Å². The third-order valence-electron chi connectivity index (χ3n) is 1.41. The van der Waals surface area contributed by atoms with Gasteiger partial charge in [-0.2, -0.15) is 0 Å². The highest BCUT2D eigenvalue weighted by molar-refractivity contribution is 5.91. The Kier molecular flexibility index (Phi) is 2.59. The number of hydrogen-bond acceptors (Lipinski definition) is 3. The highest BCUT2D eigenvalue weighted by Gasteiger charge is 2.12. The quantitative estimate of drug-likeness (QED) is 0.554. The average molecular weight is 180 g/mol. The van der Waals surface area contributed by atoms with Crippen LogP contribution in [0.1, 0.15) is 6.92 Å². The first-order valence-electron chi connectivity index (χ1n) is 3.62. The lowest BCUT2D eigenvalue weighted by Crippen LogP contribution is -2.07. The predicted molar refractivity (Wildman–Crippen MR) is 47.4 cm³/mol. The van der Waals surface area contributed by atoms with Crippen LogP contribution in [-0.4, -0.2) is 10.8 Å². The summed E-state index contributed by atoms with van der Waals surface area (Å²) in [6.45, 7) is 1.30. The Morgan fingerprint density at radius 3 is 2.62 bits per heavy atom. The molecular weight excluding hydrogens is 172 g/mol. The van der Waals surface area contributed by atoms with Crippen molar-refractivity contribution in [1.29, 1.82) is 0 Å². The zero-order valence-corrected chi connectivity index (χ0v) is 6.98. The van der Waals surface area contributed by atoms with Crippen molar-refractivity contribution in [2.75, 3.05) is 5.32 Å². The summed E-state index contributed by atoms with van der Waals surface area (Å²) in [6.07, 6.45) is 0. The molecule has 0 radical (unpaired) electrons. The number of amides is 1. The van der Waals surface area contributed by atoms with E-state index in [0.717, 1.165) is 0 Å². The molecule has 1 aromatic rings. The van der Waals surface area contributed by atoms with Crippen LogP contribution >= 0.6 is 0 Å². The molecule has 1 aromatic carbocycles. The molecule has 0 aliphatic rings. The molecule has 0 saturated carbocycles. The van der Waals surface area contributed by atoms with Gasteiger partial charge in [0, 0.05) is 13.0 Å². The van der Waals surface area contributed by atoms with Crippen LogP contribution < -0.4 is 5.32 Å². The molecule has 1 amide bonds. The molecule has 0 aromatic heterocycles. The van der Waals surface area contributed by atoms with E-state index >= 15 is 0 Å². The highest BCUT2D eigenvalue weighted by atomic mass is 16.6. The molecule has 0 aliphatic heterocycles. The van der Waals surface area contributed by atoms with Gasteiger partial charge in [0.15, 0.2) is 0 Å². The first kappa shape index (κ1) is 9.18. The van der Waals surface area contributed by atoms with Crippen molar-refractivity contribution in [3.63, 3.8) is 0 Å². The topological polar surface area (TPSA) is 72.2 Å². The van der Waals surface area contributed by atoms with Crippen molar-refractivity contribution in [1.82, 2.24) is 0 Å². The molecule has 13 heavy (non-hydrogen) atoms. The van der Waals surface area contributed by atoms with Gasteiger partial charge in [-0.3, -0.25) is 14.9 Å². The van der Waals surface area contributed by atoms with E-state index in [0.29, 0.717) is 0 Å². The van der Waals surface area contributed by atoms with Crippen molar-refractivity contribution in [3.05, 3.63) is 34.4 Å². The first-order chi connectivity index (χ1) is 6.11. The Morgan fingerprint density at radius 1 is 1.46 bits per heavy atom. The van der Waals surface area contributed by atoms with Crippen LogP contribution in [0.5, 0.6) is 0 Å². The zero-order valence-electron chi connectivity index (χ0n) is 6.98. The minimum atomic E-state index is -0.536. The van der Waals surface area contributed by atoms with Crippen molar-refractivity contribution >= 4 is 17.3 Å². The van der Waals surface area contributed by atoms with E-state index in [4.69, 9.17) is 0 Å². The third kappa shape index (κ3) is 2.26. The first-order valence-corrected chi connectivity index (χ1v) is 3.62. The lowest BCUT2D eigenvalue weighted by Gasteiger charge is -2.01. The van der Waals surface area contributed by atoms with E-state index in [9.17, 15) is 14.9 Å². The summed E-state index contributed by atoms with van der Waals surface area (Å²) in [6, 6.07) is 5.99. The number of anilines is 1. The van der Waals surface area contributed by atoms with Gasteiger partial charge in [0.05, 0.1) is 4.92 Å². The van der Waals surface area contributed by atoms with Crippen LogP contribution in [-0.2, 0) is 4.79 Å². The van der Waals surface area contributed by atoms with Gasteiger partial charge < -0.3 is 5.32 Å². The van der Waals surface area contributed by atoms with Crippen molar-refractivity contribution < 1.29 is 9.72 Å². The third-order valence-corrected chi connectivity index (χ3v) is 1.41. The largest absolute Gasteiger partial charge is 0.321 e. The number of rotatable bonds is 2. The van der Waals surface area contributed by atoms with Gasteiger partial charge in [-0.15, -0.1) is 0 Å². The Hall–Kier alpha value is -1.91. The fourth-order valence-electron chi connectivity index (χ4n) is 0.928. The second kappa shape index (κ2) is 3.66. The lowest BCUT2D eigenvalue weighted by atomic mass is 10.2. The van der Waals surface area contributed by atoms with Crippen molar-refractivity contribution in [2.45, 2.75) is 6.92 Å². The maximum atomic E-state index is 10.7. The molecule has 0 aliphatic carbocycles. The molecule has 0 spiro atoms. The van der Waals surface area contributed by atoms with Gasteiger partial charge in [-0.1, -0.05) is 12.1 Å². The molecule has 0 unspecified atom stereocenters. The molecule has 0 heterocycles. The molecule has 5 nitrogen and oxygen atoms in total. The average Bonchev–Trinajstić information content (AvgIpc) is 2.03. The zero-order chi connectivity index (χ0) is 9.84. The van der Waals surface area contributed by atoms with Gasteiger partial charge in [0.25, 0.3) is 5.69 Å². The van der Waals surface area contributed by atoms with Crippen LogP contribution in [0, 0.1) is 10.1 Å². The van der Waals surface area contributed by atoms with E-state index < -0.39 is 4.92 Å². The second-order valence-corrected chi connectivity index (χ2v) is 2.46. The van der Waals surface area contributed by atoms with E-state index in [2.05, 4.69) is 5.32 Å². The molecule has 1 rings (SSSR count). The molecular formula is C8H8N2O3. The summed E-state index contributed by atoms with van der Waals surface area (Å²) in [4.78, 5) is 20.6. The van der Waals surface area contributed by atoms with E-state index in [-0.39, 0.29) is 17.3 Å². The van der Waals surface area contributed by atoms with Gasteiger partial charge in [0.2, 0.25) is 5.91 Å². The van der Waals surface area contributed by atoms with Gasteiger partial charge in [0.1, 0.15) is 5.69 Å². The van der Waals surface area contributed by atoms with Crippen LogP contribution in [0.3, 0.4) is 0 Å². The molecule has 0 bridgehead atoms. The summed E-state index contributed by atoms with van der Waals surface area (Å²) in [7, 11) is 0. The number of nitro groups is 1. The molecule has 5 heteroatoms. The normalized spacial score (nSPS) is 9.31. The Labute approximate surface area is 74.5 Å². The smallest absolute Gasteiger partial charge is 0.292 e. The summed E-state index contributed by atoms with van der Waals surface area (Å²) in [5.41, 5.74) is 0.123. The van der Waals surface area contributed by atoms with E-state index in [1.165, 1.54) is 19.1 Å². The van der Waals surface area contributed by atoms with Crippen molar-refractivity contribution in [3.8, 4) is 0 Å². The molecule has 1 N–H and O–H groups in total. The number of carbonyl (C=O) groups excluding carboxylic acids is 1. The SMILES string of the molecule is CC(=O)Nc1ccccc1[N+](=O)[O-]. The van der Waals surface area contributed by atoms with Crippen LogP contribution in [0.2, 0.25) is 0 Å². The Balaban J connectivity index is 3.04. The van der Waals surface area contributed by atoms with Crippen LogP contribution in [0.15, 0.2) is 24.3 Å².